The van der Waals surface area contributed by atoms with Crippen LogP contribution in [0, 0.1) is 11.3 Å². The number of nitriles is 1. The Balaban J connectivity index is 1.84. The first kappa shape index (κ1) is 16.5. The lowest BCUT2D eigenvalue weighted by molar-refractivity contribution is -0.131. The minimum absolute atomic E-state index is 0.307. The van der Waals surface area contributed by atoms with E-state index in [0.717, 1.165) is 52.0 Å². The number of benzene rings is 1. The predicted molar refractivity (Wildman–Crippen MR) is 87.2 cm³/mol. The van der Waals surface area contributed by atoms with E-state index in [9.17, 15) is 4.79 Å². The third-order valence-electron chi connectivity index (χ3n) is 4.17. The molecule has 1 aromatic rings. The Morgan fingerprint density at radius 1 is 1.18 bits per heavy atom. The van der Waals surface area contributed by atoms with Crippen molar-refractivity contribution in [2.45, 2.75) is 39.2 Å². The maximum absolute atomic E-state index is 12.1. The van der Waals surface area contributed by atoms with E-state index in [1.54, 1.807) is 0 Å². The molecule has 118 valence electrons. The molecule has 1 aliphatic rings. The van der Waals surface area contributed by atoms with Gasteiger partial charge in [0.05, 0.1) is 11.6 Å². The lowest BCUT2D eigenvalue weighted by Gasteiger charge is -2.22. The topological polar surface area (TPSA) is 47.3 Å². The highest BCUT2D eigenvalue weighted by Gasteiger charge is 2.18. The highest BCUT2D eigenvalue weighted by molar-refractivity contribution is 5.76. The summed E-state index contributed by atoms with van der Waals surface area (Å²) >= 11 is 0. The summed E-state index contributed by atoms with van der Waals surface area (Å²) in [6.07, 6.45) is 3.79. The fourth-order valence-corrected chi connectivity index (χ4v) is 2.81. The van der Waals surface area contributed by atoms with Crippen LogP contribution in [0.15, 0.2) is 24.3 Å². The Hall–Kier alpha value is -1.86. The number of carbonyl (C=O) groups excluding carboxylic acids is 1. The van der Waals surface area contributed by atoms with Crippen molar-refractivity contribution in [1.82, 2.24) is 9.80 Å². The Morgan fingerprint density at radius 2 is 1.95 bits per heavy atom. The molecule has 22 heavy (non-hydrogen) atoms. The third kappa shape index (κ3) is 4.85. The van der Waals surface area contributed by atoms with Crippen molar-refractivity contribution >= 4 is 5.91 Å². The zero-order valence-electron chi connectivity index (χ0n) is 13.4. The molecule has 0 N–H and O–H groups in total. The van der Waals surface area contributed by atoms with Gasteiger partial charge >= 0.3 is 0 Å². The van der Waals surface area contributed by atoms with Gasteiger partial charge in [-0.05, 0) is 30.5 Å². The van der Waals surface area contributed by atoms with Crippen LogP contribution in [0.3, 0.4) is 0 Å². The van der Waals surface area contributed by atoms with Crippen LogP contribution >= 0.6 is 0 Å². The number of unbranched alkanes of at least 4 members (excludes halogenated alkanes) is 1. The molecule has 0 unspecified atom stereocenters. The van der Waals surface area contributed by atoms with Gasteiger partial charge in [-0.25, -0.2) is 0 Å². The van der Waals surface area contributed by atoms with Gasteiger partial charge < -0.3 is 4.90 Å². The molecule has 1 aliphatic heterocycles. The van der Waals surface area contributed by atoms with Crippen molar-refractivity contribution in [3.63, 3.8) is 0 Å². The van der Waals surface area contributed by atoms with Crippen LogP contribution < -0.4 is 0 Å². The first-order valence-corrected chi connectivity index (χ1v) is 8.22. The molecular formula is C18H25N3O. The summed E-state index contributed by atoms with van der Waals surface area (Å²) in [4.78, 5) is 16.5. The van der Waals surface area contributed by atoms with Gasteiger partial charge in [-0.15, -0.1) is 0 Å². The number of nitrogens with zero attached hydrogens (tertiary/aromatic N) is 3. The Kier molecular flexibility index (Phi) is 6.42. The van der Waals surface area contributed by atoms with Crippen molar-refractivity contribution < 1.29 is 4.79 Å². The van der Waals surface area contributed by atoms with Gasteiger partial charge in [-0.2, -0.15) is 5.26 Å². The van der Waals surface area contributed by atoms with E-state index in [1.807, 2.05) is 29.2 Å². The molecule has 1 amide bonds. The van der Waals surface area contributed by atoms with Crippen LogP contribution in [-0.2, 0) is 11.3 Å². The molecule has 2 rings (SSSR count). The second-order valence-corrected chi connectivity index (χ2v) is 5.92. The molecule has 1 saturated heterocycles. The summed E-state index contributed by atoms with van der Waals surface area (Å²) < 4.78 is 0. The quantitative estimate of drug-likeness (QED) is 0.840. The smallest absolute Gasteiger partial charge is 0.222 e. The van der Waals surface area contributed by atoms with Gasteiger partial charge in [-0.3, -0.25) is 9.69 Å². The van der Waals surface area contributed by atoms with Gasteiger partial charge in [0.25, 0.3) is 0 Å². The van der Waals surface area contributed by atoms with E-state index in [-0.39, 0.29) is 0 Å². The monoisotopic (exact) mass is 299 g/mol. The van der Waals surface area contributed by atoms with Crippen molar-refractivity contribution in [1.29, 1.82) is 5.26 Å². The Bertz CT molecular complexity index is 518. The van der Waals surface area contributed by atoms with Gasteiger partial charge in [0, 0.05) is 39.1 Å². The third-order valence-corrected chi connectivity index (χ3v) is 4.17. The maximum atomic E-state index is 12.1. The largest absolute Gasteiger partial charge is 0.341 e. The van der Waals surface area contributed by atoms with Crippen LogP contribution in [-0.4, -0.2) is 41.9 Å². The maximum Gasteiger partial charge on any atom is 0.222 e. The fraction of sp³-hybridized carbons (Fsp3) is 0.556. The van der Waals surface area contributed by atoms with Crippen LogP contribution in [0.25, 0.3) is 0 Å². The van der Waals surface area contributed by atoms with Crippen molar-refractivity contribution in [3.8, 4) is 6.07 Å². The molecule has 0 saturated carbocycles. The number of amides is 1. The molecule has 4 nitrogen and oxygen atoms in total. The summed E-state index contributed by atoms with van der Waals surface area (Å²) in [6.45, 7) is 6.68. The molecule has 1 heterocycles. The number of hydrogen-bond donors (Lipinski definition) is 0. The summed E-state index contributed by atoms with van der Waals surface area (Å²) in [7, 11) is 0. The van der Waals surface area contributed by atoms with Crippen LogP contribution in [0.2, 0.25) is 0 Å². The SMILES string of the molecule is CCCCC(=O)N1CCCN(Cc2ccc(C#N)cc2)CC1. The number of hydrogen-bond acceptors (Lipinski definition) is 3. The van der Waals surface area contributed by atoms with Gasteiger partial charge in [0.1, 0.15) is 0 Å². The van der Waals surface area contributed by atoms with Crippen LogP contribution in [0.1, 0.15) is 43.7 Å². The molecular weight excluding hydrogens is 274 g/mol. The average molecular weight is 299 g/mol. The minimum atomic E-state index is 0.307. The van der Waals surface area contributed by atoms with E-state index in [0.29, 0.717) is 17.9 Å². The standard InChI is InChI=1S/C18H25N3O/c1-2-3-5-18(22)21-11-4-10-20(12-13-21)15-17-8-6-16(14-19)7-9-17/h6-9H,2-5,10-13,15H2,1H3. The molecule has 0 radical (unpaired) electrons. The summed E-state index contributed by atoms with van der Waals surface area (Å²) in [5.41, 5.74) is 1.93. The Labute approximate surface area is 133 Å². The highest BCUT2D eigenvalue weighted by atomic mass is 16.2. The summed E-state index contributed by atoms with van der Waals surface area (Å²) in [5.74, 6) is 0.307. The van der Waals surface area contributed by atoms with E-state index < -0.39 is 0 Å². The average Bonchev–Trinajstić information content (AvgIpc) is 2.79. The molecule has 4 heteroatoms. The first-order chi connectivity index (χ1) is 10.7. The Morgan fingerprint density at radius 3 is 2.64 bits per heavy atom. The van der Waals surface area contributed by atoms with E-state index in [2.05, 4.69) is 17.9 Å². The van der Waals surface area contributed by atoms with Crippen LogP contribution in [0.4, 0.5) is 0 Å². The van der Waals surface area contributed by atoms with Crippen molar-refractivity contribution in [3.05, 3.63) is 35.4 Å². The number of carbonyl (C=O) groups is 1. The molecule has 1 aromatic carbocycles. The lowest BCUT2D eigenvalue weighted by atomic mass is 10.1. The molecule has 0 aliphatic carbocycles. The van der Waals surface area contributed by atoms with Gasteiger partial charge in [0.2, 0.25) is 5.91 Å². The van der Waals surface area contributed by atoms with E-state index in [1.165, 1.54) is 5.56 Å². The predicted octanol–water partition coefficient (Wildman–Crippen LogP) is 2.78. The molecule has 1 fully saturated rings. The molecule has 0 aromatic heterocycles. The second-order valence-electron chi connectivity index (χ2n) is 5.92. The normalized spacial score (nSPS) is 16.1. The second kappa shape index (κ2) is 8.55. The van der Waals surface area contributed by atoms with Crippen LogP contribution in [0.5, 0.6) is 0 Å². The first-order valence-electron chi connectivity index (χ1n) is 8.22. The molecule has 0 bridgehead atoms. The van der Waals surface area contributed by atoms with Crippen molar-refractivity contribution in [2.24, 2.45) is 0 Å². The van der Waals surface area contributed by atoms with Gasteiger partial charge in [-0.1, -0.05) is 25.5 Å². The molecule has 0 spiro atoms. The fourth-order valence-electron chi connectivity index (χ4n) is 2.81. The zero-order valence-corrected chi connectivity index (χ0v) is 13.4. The minimum Gasteiger partial charge on any atom is -0.341 e. The van der Waals surface area contributed by atoms with E-state index >= 15 is 0 Å². The summed E-state index contributed by atoms with van der Waals surface area (Å²) in [5, 5.41) is 8.83. The van der Waals surface area contributed by atoms with Crippen molar-refractivity contribution in [2.75, 3.05) is 26.2 Å². The zero-order chi connectivity index (χ0) is 15.8. The lowest BCUT2D eigenvalue weighted by Crippen LogP contribution is -2.34. The summed E-state index contributed by atoms with van der Waals surface area (Å²) in [6, 6.07) is 9.93. The molecule has 0 atom stereocenters. The van der Waals surface area contributed by atoms with E-state index in [4.69, 9.17) is 5.26 Å². The number of rotatable bonds is 5. The highest BCUT2D eigenvalue weighted by Crippen LogP contribution is 2.11. The van der Waals surface area contributed by atoms with Gasteiger partial charge in [0.15, 0.2) is 0 Å².